The van der Waals surface area contributed by atoms with E-state index in [1.807, 2.05) is 128 Å². The first-order valence-corrected chi connectivity index (χ1v) is 15.2. The summed E-state index contributed by atoms with van der Waals surface area (Å²) in [5.74, 6) is 3.25. The van der Waals surface area contributed by atoms with Crippen LogP contribution < -0.4 is 9.47 Å². The highest BCUT2D eigenvalue weighted by molar-refractivity contribution is 6.09. The van der Waals surface area contributed by atoms with Gasteiger partial charge in [-0.25, -0.2) is 4.98 Å². The molecular formula is C39H28N6O2. The van der Waals surface area contributed by atoms with Crippen molar-refractivity contribution in [3.05, 3.63) is 145 Å². The molecule has 0 amide bonds. The Hall–Kier alpha value is -6.41. The largest absolute Gasteiger partial charge is 0.457 e. The molecule has 0 aliphatic heterocycles. The second kappa shape index (κ2) is 11.8. The summed E-state index contributed by atoms with van der Waals surface area (Å²) in [6.45, 7) is 3.84. The Labute approximate surface area is 271 Å². The van der Waals surface area contributed by atoms with Crippen LogP contribution in [0.1, 0.15) is 11.4 Å². The van der Waals surface area contributed by atoms with Crippen molar-refractivity contribution in [2.75, 3.05) is 0 Å². The monoisotopic (exact) mass is 612 g/mol. The Kier molecular flexibility index (Phi) is 7.07. The van der Waals surface area contributed by atoms with E-state index >= 15 is 0 Å². The first-order chi connectivity index (χ1) is 23.1. The van der Waals surface area contributed by atoms with Crippen LogP contribution in [-0.2, 0) is 0 Å². The van der Waals surface area contributed by atoms with Gasteiger partial charge in [0, 0.05) is 46.4 Å². The van der Waals surface area contributed by atoms with Gasteiger partial charge < -0.3 is 9.47 Å². The van der Waals surface area contributed by atoms with Gasteiger partial charge in [0.2, 0.25) is 0 Å². The average molecular weight is 613 g/mol. The number of aryl methyl sites for hydroxylation is 2. The van der Waals surface area contributed by atoms with E-state index in [4.69, 9.17) is 14.5 Å². The fourth-order valence-corrected chi connectivity index (χ4v) is 5.64. The summed E-state index contributed by atoms with van der Waals surface area (Å²) in [5, 5.41) is 11.0. The molecule has 0 unspecified atom stereocenters. The number of hydrogen-bond acceptors (Lipinski definition) is 7. The molecule has 226 valence electrons. The third-order valence-electron chi connectivity index (χ3n) is 8.05. The molecule has 47 heavy (non-hydrogen) atoms. The van der Waals surface area contributed by atoms with Crippen LogP contribution in [0.4, 0.5) is 0 Å². The molecule has 0 radical (unpaired) electrons. The lowest BCUT2D eigenvalue weighted by atomic mass is 10.1. The maximum absolute atomic E-state index is 6.40. The van der Waals surface area contributed by atoms with Crippen LogP contribution in [0.15, 0.2) is 134 Å². The van der Waals surface area contributed by atoms with Crippen molar-refractivity contribution in [3.63, 3.8) is 0 Å². The Morgan fingerprint density at radius 1 is 0.489 bits per heavy atom. The molecule has 4 aromatic heterocycles. The molecule has 0 atom stereocenters. The van der Waals surface area contributed by atoms with Gasteiger partial charge >= 0.3 is 0 Å². The minimum absolute atomic E-state index is 0.469. The fourth-order valence-electron chi connectivity index (χ4n) is 5.64. The van der Waals surface area contributed by atoms with Gasteiger partial charge in [-0.3, -0.25) is 14.5 Å². The van der Waals surface area contributed by atoms with Gasteiger partial charge in [-0.2, -0.15) is 5.10 Å². The van der Waals surface area contributed by atoms with Gasteiger partial charge in [0.25, 0.3) is 5.95 Å². The molecule has 0 spiro atoms. The molecule has 0 saturated heterocycles. The normalized spacial score (nSPS) is 11.2. The Bertz CT molecular complexity index is 2250. The second-order valence-electron chi connectivity index (χ2n) is 11.2. The number of rotatable bonds is 7. The maximum atomic E-state index is 6.40. The number of pyridine rings is 2. The van der Waals surface area contributed by atoms with E-state index < -0.39 is 0 Å². The third kappa shape index (κ3) is 5.53. The maximum Gasteiger partial charge on any atom is 0.254 e. The minimum atomic E-state index is 0.469. The quantitative estimate of drug-likeness (QED) is 0.177. The molecule has 0 bridgehead atoms. The van der Waals surface area contributed by atoms with E-state index in [9.17, 15) is 0 Å². The SMILES string of the molecule is Cc1nnc(-n2c3cc(Oc4cccc(-c5ccccn5)c4)ccc3c3ccc(Oc4cccc(-c5ccccn5)c4)cc32)nc1C. The molecule has 8 aromatic rings. The van der Waals surface area contributed by atoms with Gasteiger partial charge in [-0.05, 0) is 86.6 Å². The van der Waals surface area contributed by atoms with Gasteiger partial charge in [-0.1, -0.05) is 36.4 Å². The van der Waals surface area contributed by atoms with Crippen LogP contribution in [0.2, 0.25) is 0 Å². The van der Waals surface area contributed by atoms with Crippen LogP contribution in [0, 0.1) is 13.8 Å². The van der Waals surface area contributed by atoms with E-state index in [0.717, 1.165) is 55.7 Å². The number of ether oxygens (including phenoxy) is 2. The van der Waals surface area contributed by atoms with Crippen LogP contribution in [0.3, 0.4) is 0 Å². The van der Waals surface area contributed by atoms with Crippen LogP contribution in [-0.4, -0.2) is 29.7 Å². The zero-order chi connectivity index (χ0) is 31.7. The van der Waals surface area contributed by atoms with Crippen LogP contribution in [0.5, 0.6) is 23.0 Å². The highest BCUT2D eigenvalue weighted by Gasteiger charge is 2.18. The molecule has 0 aliphatic carbocycles. The van der Waals surface area contributed by atoms with Crippen molar-refractivity contribution in [1.29, 1.82) is 0 Å². The second-order valence-corrected chi connectivity index (χ2v) is 11.2. The summed E-state index contributed by atoms with van der Waals surface area (Å²) in [7, 11) is 0. The van der Waals surface area contributed by atoms with Gasteiger partial charge in [0.05, 0.1) is 33.8 Å². The van der Waals surface area contributed by atoms with E-state index in [-0.39, 0.29) is 0 Å². The van der Waals surface area contributed by atoms with Crippen LogP contribution >= 0.6 is 0 Å². The van der Waals surface area contributed by atoms with Gasteiger partial charge in [0.15, 0.2) is 0 Å². The molecule has 4 aromatic carbocycles. The third-order valence-corrected chi connectivity index (χ3v) is 8.05. The van der Waals surface area contributed by atoms with E-state index in [2.05, 4.69) is 32.3 Å². The summed E-state index contributed by atoms with van der Waals surface area (Å²) in [6.07, 6.45) is 3.57. The lowest BCUT2D eigenvalue weighted by molar-refractivity contribution is 0.483. The topological polar surface area (TPSA) is 87.8 Å². The standard InChI is InChI=1S/C39H28N6O2/c1-25-26(2)43-44-39(42-25)45-37-23-31(46-29-11-7-9-27(21-29)35-13-3-5-19-40-35)15-17-33(37)34-18-16-32(24-38(34)45)47-30-12-8-10-28(22-30)36-14-4-6-20-41-36/h3-24H,1-2H3. The minimum Gasteiger partial charge on any atom is -0.457 e. The Morgan fingerprint density at radius 3 is 1.51 bits per heavy atom. The first kappa shape index (κ1) is 28.1. The molecule has 0 aliphatic rings. The van der Waals surface area contributed by atoms with Crippen molar-refractivity contribution in [2.24, 2.45) is 0 Å². The van der Waals surface area contributed by atoms with Crippen molar-refractivity contribution >= 4 is 21.8 Å². The predicted octanol–water partition coefficient (Wildman–Crippen LogP) is 9.29. The molecule has 0 N–H and O–H groups in total. The summed E-state index contributed by atoms with van der Waals surface area (Å²) in [4.78, 5) is 13.8. The molecule has 0 saturated carbocycles. The number of nitrogens with zero attached hydrogens (tertiary/aromatic N) is 6. The first-order valence-electron chi connectivity index (χ1n) is 15.2. The molecular weight excluding hydrogens is 584 g/mol. The van der Waals surface area contributed by atoms with Crippen molar-refractivity contribution in [3.8, 4) is 51.5 Å². The molecule has 8 rings (SSSR count). The molecule has 8 nitrogen and oxygen atoms in total. The lowest BCUT2D eigenvalue weighted by Gasteiger charge is -2.10. The van der Waals surface area contributed by atoms with Gasteiger partial charge in [-0.15, -0.1) is 5.10 Å². The van der Waals surface area contributed by atoms with Gasteiger partial charge in [0.1, 0.15) is 23.0 Å². The highest BCUT2D eigenvalue weighted by Crippen LogP contribution is 2.38. The average Bonchev–Trinajstić information content (AvgIpc) is 3.43. The smallest absolute Gasteiger partial charge is 0.254 e. The molecule has 0 fully saturated rings. The summed E-state index contributed by atoms with van der Waals surface area (Å²) in [5.41, 5.74) is 7.09. The van der Waals surface area contributed by atoms with E-state index in [1.165, 1.54) is 0 Å². The van der Waals surface area contributed by atoms with Crippen molar-refractivity contribution < 1.29 is 9.47 Å². The molecule has 4 heterocycles. The van der Waals surface area contributed by atoms with Crippen LogP contribution in [0.25, 0.3) is 50.3 Å². The number of aromatic nitrogens is 6. The van der Waals surface area contributed by atoms with Crippen molar-refractivity contribution in [2.45, 2.75) is 13.8 Å². The Balaban J connectivity index is 1.21. The summed E-state index contributed by atoms with van der Waals surface area (Å²) < 4.78 is 14.8. The Morgan fingerprint density at radius 2 is 1.02 bits per heavy atom. The summed E-state index contributed by atoms with van der Waals surface area (Å²) in [6, 6.07) is 39.7. The molecule has 8 heteroatoms. The zero-order valence-corrected chi connectivity index (χ0v) is 25.7. The highest BCUT2D eigenvalue weighted by atomic mass is 16.5. The number of benzene rings is 4. The fraction of sp³-hybridized carbons (Fsp3) is 0.0513. The number of fused-ring (bicyclic) bond motifs is 3. The van der Waals surface area contributed by atoms with E-state index in [1.54, 1.807) is 12.4 Å². The lowest BCUT2D eigenvalue weighted by Crippen LogP contribution is -2.06. The number of hydrogen-bond donors (Lipinski definition) is 0. The van der Waals surface area contributed by atoms with Crippen molar-refractivity contribution in [1.82, 2.24) is 29.7 Å². The summed E-state index contributed by atoms with van der Waals surface area (Å²) >= 11 is 0. The predicted molar refractivity (Wildman–Crippen MR) is 183 cm³/mol. The van der Waals surface area contributed by atoms with E-state index in [0.29, 0.717) is 28.9 Å². The zero-order valence-electron chi connectivity index (χ0n) is 25.7.